The Labute approximate surface area is 91.3 Å². The number of hydrogen-bond acceptors (Lipinski definition) is 2. The van der Waals surface area contributed by atoms with Crippen LogP contribution in [0.5, 0.6) is 0 Å². The third-order valence-corrected chi connectivity index (χ3v) is 2.98. The van der Waals surface area contributed by atoms with Crippen molar-refractivity contribution in [1.82, 2.24) is 5.32 Å². The highest BCUT2D eigenvalue weighted by Crippen LogP contribution is 2.22. The predicted octanol–water partition coefficient (Wildman–Crippen LogP) is 2.50. The first-order valence-electron chi connectivity index (χ1n) is 4.14. The van der Waals surface area contributed by atoms with Crippen LogP contribution in [0.4, 0.5) is 0 Å². The molecule has 0 spiro atoms. The zero-order valence-electron chi connectivity index (χ0n) is 7.29. The molecule has 14 heavy (non-hydrogen) atoms. The minimum atomic E-state index is 0.0650. The van der Waals surface area contributed by atoms with Gasteiger partial charge in [-0.3, -0.25) is 4.79 Å². The van der Waals surface area contributed by atoms with Crippen molar-refractivity contribution < 1.29 is 4.79 Å². The van der Waals surface area contributed by atoms with Crippen molar-refractivity contribution in [2.24, 2.45) is 0 Å². The van der Waals surface area contributed by atoms with Gasteiger partial charge in [-0.05, 0) is 23.8 Å². The van der Waals surface area contributed by atoms with E-state index >= 15 is 0 Å². The highest BCUT2D eigenvalue weighted by molar-refractivity contribution is 8.04. The average Bonchev–Trinajstić information content (AvgIpc) is 2.56. The van der Waals surface area contributed by atoms with E-state index in [9.17, 15) is 4.79 Å². The van der Waals surface area contributed by atoms with Crippen LogP contribution in [0, 0.1) is 0 Å². The van der Waals surface area contributed by atoms with E-state index in [0.717, 1.165) is 15.6 Å². The van der Waals surface area contributed by atoms with Gasteiger partial charge in [0.2, 0.25) is 5.91 Å². The van der Waals surface area contributed by atoms with Crippen LogP contribution in [-0.4, -0.2) is 11.7 Å². The number of carbonyl (C=O) groups excluding carboxylic acids is 1. The molecule has 1 aliphatic rings. The zero-order valence-corrected chi connectivity index (χ0v) is 8.86. The summed E-state index contributed by atoms with van der Waals surface area (Å²) in [5.41, 5.74) is 1.04. The van der Waals surface area contributed by atoms with E-state index in [-0.39, 0.29) is 5.91 Å². The van der Waals surface area contributed by atoms with Gasteiger partial charge in [-0.2, -0.15) is 0 Å². The predicted molar refractivity (Wildman–Crippen MR) is 60.0 cm³/mol. The van der Waals surface area contributed by atoms with Crippen molar-refractivity contribution in [1.29, 1.82) is 0 Å². The molecular formula is C10H8ClNOS. The number of halogens is 1. The maximum Gasteiger partial charge on any atom is 0.235 e. The minimum absolute atomic E-state index is 0.0650. The van der Waals surface area contributed by atoms with Gasteiger partial charge in [-0.1, -0.05) is 35.5 Å². The fraction of sp³-hybridized carbons (Fsp3) is 0.100. The zero-order chi connectivity index (χ0) is 9.97. The molecule has 1 aliphatic heterocycles. The number of amides is 1. The Bertz CT molecular complexity index is 386. The standard InChI is InChI=1S/C10H8ClNOS/c11-8-3-1-7(2-4-8)5-10-12-9(13)6-14-10/h1-5H,6H2,(H,12,13)/b10-5-. The van der Waals surface area contributed by atoms with Gasteiger partial charge < -0.3 is 5.32 Å². The smallest absolute Gasteiger partial charge is 0.235 e. The van der Waals surface area contributed by atoms with Crippen LogP contribution in [-0.2, 0) is 4.79 Å². The Morgan fingerprint density at radius 2 is 2.07 bits per heavy atom. The Kier molecular flexibility index (Phi) is 2.79. The van der Waals surface area contributed by atoms with Gasteiger partial charge in [0, 0.05) is 5.02 Å². The van der Waals surface area contributed by atoms with Crippen molar-refractivity contribution >= 4 is 35.3 Å². The third kappa shape index (κ3) is 2.30. The van der Waals surface area contributed by atoms with Gasteiger partial charge >= 0.3 is 0 Å². The first kappa shape index (κ1) is 9.62. The van der Waals surface area contributed by atoms with Crippen LogP contribution in [0.15, 0.2) is 29.3 Å². The summed E-state index contributed by atoms with van der Waals surface area (Å²) in [6, 6.07) is 7.49. The van der Waals surface area contributed by atoms with E-state index in [1.165, 1.54) is 11.8 Å². The fourth-order valence-electron chi connectivity index (χ4n) is 1.14. The Morgan fingerprint density at radius 3 is 2.64 bits per heavy atom. The average molecular weight is 226 g/mol. The highest BCUT2D eigenvalue weighted by Gasteiger charge is 2.14. The molecule has 4 heteroatoms. The molecule has 2 rings (SSSR count). The molecule has 0 radical (unpaired) electrons. The molecule has 0 saturated carbocycles. The monoisotopic (exact) mass is 225 g/mol. The van der Waals surface area contributed by atoms with Gasteiger partial charge in [0.05, 0.1) is 10.8 Å². The molecule has 0 aliphatic carbocycles. The maximum absolute atomic E-state index is 10.9. The van der Waals surface area contributed by atoms with Crippen LogP contribution >= 0.6 is 23.4 Å². The Morgan fingerprint density at radius 1 is 1.36 bits per heavy atom. The first-order chi connectivity index (χ1) is 6.74. The molecule has 0 bridgehead atoms. The second-order valence-corrected chi connectivity index (χ2v) is 4.35. The van der Waals surface area contributed by atoms with Crippen LogP contribution in [0.1, 0.15) is 5.56 Å². The largest absolute Gasteiger partial charge is 0.320 e. The summed E-state index contributed by atoms with van der Waals surface area (Å²) in [5.74, 6) is 0.578. The summed E-state index contributed by atoms with van der Waals surface area (Å²) in [5, 5.41) is 4.39. The lowest BCUT2D eigenvalue weighted by molar-refractivity contribution is -0.117. The van der Waals surface area contributed by atoms with E-state index in [1.807, 2.05) is 30.3 Å². The Balaban J connectivity index is 2.17. The number of thioether (sulfide) groups is 1. The van der Waals surface area contributed by atoms with E-state index in [2.05, 4.69) is 5.32 Å². The normalized spacial score (nSPS) is 18.6. The molecule has 1 aromatic rings. The summed E-state index contributed by atoms with van der Waals surface area (Å²) in [4.78, 5) is 10.9. The molecule has 1 amide bonds. The number of nitrogens with one attached hydrogen (secondary N) is 1. The van der Waals surface area contributed by atoms with Crippen molar-refractivity contribution in [3.63, 3.8) is 0 Å². The molecule has 0 atom stereocenters. The van der Waals surface area contributed by atoms with E-state index < -0.39 is 0 Å². The van der Waals surface area contributed by atoms with Crippen molar-refractivity contribution in [3.8, 4) is 0 Å². The molecule has 1 heterocycles. The third-order valence-electron chi connectivity index (χ3n) is 1.79. The molecule has 1 fully saturated rings. The van der Waals surface area contributed by atoms with Crippen molar-refractivity contribution in [3.05, 3.63) is 39.9 Å². The van der Waals surface area contributed by atoms with E-state index in [0.29, 0.717) is 5.75 Å². The van der Waals surface area contributed by atoms with E-state index in [4.69, 9.17) is 11.6 Å². The van der Waals surface area contributed by atoms with Crippen LogP contribution in [0.3, 0.4) is 0 Å². The molecule has 1 aromatic carbocycles. The van der Waals surface area contributed by atoms with Crippen LogP contribution < -0.4 is 5.32 Å². The van der Waals surface area contributed by atoms with Gasteiger partial charge in [0.15, 0.2) is 0 Å². The summed E-state index contributed by atoms with van der Waals surface area (Å²) in [7, 11) is 0. The van der Waals surface area contributed by atoms with Crippen molar-refractivity contribution in [2.45, 2.75) is 0 Å². The molecule has 1 N–H and O–H groups in total. The summed E-state index contributed by atoms with van der Waals surface area (Å²) in [6.07, 6.45) is 1.94. The topological polar surface area (TPSA) is 29.1 Å². The summed E-state index contributed by atoms with van der Waals surface area (Å²) < 4.78 is 0. The maximum atomic E-state index is 10.9. The lowest BCUT2D eigenvalue weighted by Gasteiger charge is -1.97. The van der Waals surface area contributed by atoms with Gasteiger partial charge in [0.25, 0.3) is 0 Å². The van der Waals surface area contributed by atoms with Crippen LogP contribution in [0.2, 0.25) is 5.02 Å². The SMILES string of the molecule is O=C1CS/C(=C\c2ccc(Cl)cc2)N1. The second kappa shape index (κ2) is 4.07. The lowest BCUT2D eigenvalue weighted by Crippen LogP contribution is -2.13. The number of hydrogen-bond donors (Lipinski definition) is 1. The minimum Gasteiger partial charge on any atom is -0.320 e. The Hall–Kier alpha value is -0.930. The number of benzene rings is 1. The molecule has 0 aromatic heterocycles. The lowest BCUT2D eigenvalue weighted by atomic mass is 10.2. The van der Waals surface area contributed by atoms with Gasteiger partial charge in [-0.15, -0.1) is 0 Å². The van der Waals surface area contributed by atoms with Crippen LogP contribution in [0.25, 0.3) is 6.08 Å². The molecule has 1 saturated heterocycles. The second-order valence-electron chi connectivity index (χ2n) is 2.90. The molecule has 0 unspecified atom stereocenters. The van der Waals surface area contributed by atoms with E-state index in [1.54, 1.807) is 0 Å². The molecule has 2 nitrogen and oxygen atoms in total. The summed E-state index contributed by atoms with van der Waals surface area (Å²) >= 11 is 7.27. The fourth-order valence-corrected chi connectivity index (χ4v) is 2.03. The number of rotatable bonds is 1. The van der Waals surface area contributed by atoms with Gasteiger partial charge in [-0.25, -0.2) is 0 Å². The highest BCUT2D eigenvalue weighted by atomic mass is 35.5. The molecular weight excluding hydrogens is 218 g/mol. The van der Waals surface area contributed by atoms with Crippen molar-refractivity contribution in [2.75, 3.05) is 5.75 Å². The number of carbonyl (C=O) groups is 1. The first-order valence-corrected chi connectivity index (χ1v) is 5.50. The summed E-state index contributed by atoms with van der Waals surface area (Å²) in [6.45, 7) is 0. The quantitative estimate of drug-likeness (QED) is 0.796. The molecule has 72 valence electrons. The van der Waals surface area contributed by atoms with Gasteiger partial charge in [0.1, 0.15) is 0 Å².